The summed E-state index contributed by atoms with van der Waals surface area (Å²) in [5, 5.41) is 7.64. The molecule has 0 spiro atoms. The predicted molar refractivity (Wildman–Crippen MR) is 92.9 cm³/mol. The van der Waals surface area contributed by atoms with Crippen molar-refractivity contribution in [3.05, 3.63) is 53.6 Å². The van der Waals surface area contributed by atoms with Crippen molar-refractivity contribution in [2.75, 3.05) is 17.2 Å². The van der Waals surface area contributed by atoms with Gasteiger partial charge in [-0.25, -0.2) is 4.98 Å². The van der Waals surface area contributed by atoms with E-state index in [1.54, 1.807) is 0 Å². The maximum absolute atomic E-state index is 4.60. The van der Waals surface area contributed by atoms with Crippen molar-refractivity contribution in [3.8, 4) is 0 Å². The number of hydrogen-bond acceptors (Lipinski definition) is 4. The Balaban J connectivity index is 2.01. The first-order valence-electron chi connectivity index (χ1n) is 7.52. The van der Waals surface area contributed by atoms with Crippen LogP contribution in [0.4, 0.5) is 17.5 Å². The molecule has 0 aliphatic carbocycles. The summed E-state index contributed by atoms with van der Waals surface area (Å²) in [7, 11) is 0. The third-order valence-corrected chi connectivity index (χ3v) is 3.71. The zero-order valence-electron chi connectivity index (χ0n) is 13.1. The molecule has 0 bridgehead atoms. The Kier molecular flexibility index (Phi) is 3.92. The van der Waals surface area contributed by atoms with E-state index in [0.29, 0.717) is 5.95 Å². The van der Waals surface area contributed by atoms with Gasteiger partial charge in [0.1, 0.15) is 5.82 Å². The van der Waals surface area contributed by atoms with Crippen LogP contribution in [-0.4, -0.2) is 16.5 Å². The Morgan fingerprint density at radius 1 is 0.955 bits per heavy atom. The number of aryl methyl sites for hydroxylation is 2. The zero-order chi connectivity index (χ0) is 15.5. The van der Waals surface area contributed by atoms with Gasteiger partial charge in [-0.05, 0) is 56.2 Å². The monoisotopic (exact) mass is 292 g/mol. The van der Waals surface area contributed by atoms with Crippen LogP contribution in [0.15, 0.2) is 42.5 Å². The molecule has 0 unspecified atom stereocenters. The first-order valence-corrected chi connectivity index (χ1v) is 7.52. The maximum Gasteiger partial charge on any atom is 0.229 e. The lowest BCUT2D eigenvalue weighted by Crippen LogP contribution is -2.05. The Morgan fingerprint density at radius 2 is 1.77 bits per heavy atom. The molecule has 0 saturated heterocycles. The van der Waals surface area contributed by atoms with Crippen molar-refractivity contribution in [1.29, 1.82) is 0 Å². The molecule has 2 N–H and O–H groups in total. The number of nitrogens with one attached hydrogen (secondary N) is 2. The normalized spacial score (nSPS) is 10.7. The number of benzene rings is 2. The number of rotatable bonds is 4. The summed E-state index contributed by atoms with van der Waals surface area (Å²) in [5.41, 5.74) is 4.46. The van der Waals surface area contributed by atoms with E-state index in [4.69, 9.17) is 0 Å². The molecule has 4 nitrogen and oxygen atoms in total. The average Bonchev–Trinajstić information content (AvgIpc) is 2.51. The zero-order valence-corrected chi connectivity index (χ0v) is 13.1. The minimum Gasteiger partial charge on any atom is -0.370 e. The quantitative estimate of drug-likeness (QED) is 0.747. The molecule has 3 rings (SSSR count). The lowest BCUT2D eigenvalue weighted by atomic mass is 10.1. The minimum atomic E-state index is 0.609. The SMILES string of the molecule is CCNc1nc(Nc2ccc(C)c(C)c2)nc2ccccc12. The standard InChI is InChI=1S/C18H20N4/c1-4-19-17-15-7-5-6-8-16(15)21-18(22-17)20-14-10-9-12(2)13(3)11-14/h5-11H,4H2,1-3H3,(H2,19,20,21,22). The second-order valence-electron chi connectivity index (χ2n) is 5.37. The molecule has 0 aliphatic heterocycles. The Labute approximate surface area is 130 Å². The van der Waals surface area contributed by atoms with Crippen LogP contribution in [0.1, 0.15) is 18.1 Å². The van der Waals surface area contributed by atoms with E-state index in [0.717, 1.165) is 29.0 Å². The summed E-state index contributed by atoms with van der Waals surface area (Å²) >= 11 is 0. The average molecular weight is 292 g/mol. The van der Waals surface area contributed by atoms with Gasteiger partial charge in [0.2, 0.25) is 5.95 Å². The van der Waals surface area contributed by atoms with Gasteiger partial charge in [-0.1, -0.05) is 18.2 Å². The van der Waals surface area contributed by atoms with Gasteiger partial charge in [0.25, 0.3) is 0 Å². The van der Waals surface area contributed by atoms with Gasteiger partial charge in [0.05, 0.1) is 5.52 Å². The highest BCUT2D eigenvalue weighted by Gasteiger charge is 2.07. The lowest BCUT2D eigenvalue weighted by molar-refractivity contribution is 1.14. The molecule has 0 aliphatic rings. The van der Waals surface area contributed by atoms with Gasteiger partial charge in [0, 0.05) is 17.6 Å². The van der Waals surface area contributed by atoms with E-state index >= 15 is 0 Å². The molecule has 2 aromatic carbocycles. The second kappa shape index (κ2) is 6.02. The van der Waals surface area contributed by atoms with Crippen LogP contribution in [0.25, 0.3) is 10.9 Å². The fourth-order valence-electron chi connectivity index (χ4n) is 2.38. The van der Waals surface area contributed by atoms with Crippen LogP contribution in [0.5, 0.6) is 0 Å². The molecule has 0 fully saturated rings. The van der Waals surface area contributed by atoms with Crippen LogP contribution in [0, 0.1) is 13.8 Å². The van der Waals surface area contributed by atoms with Gasteiger partial charge in [-0.15, -0.1) is 0 Å². The molecular formula is C18H20N4. The summed E-state index contributed by atoms with van der Waals surface area (Å²) in [4.78, 5) is 9.21. The summed E-state index contributed by atoms with van der Waals surface area (Å²) in [6.07, 6.45) is 0. The van der Waals surface area contributed by atoms with Gasteiger partial charge >= 0.3 is 0 Å². The predicted octanol–water partition coefficient (Wildman–Crippen LogP) is 4.42. The minimum absolute atomic E-state index is 0.609. The van der Waals surface area contributed by atoms with Gasteiger partial charge in [0.15, 0.2) is 0 Å². The van der Waals surface area contributed by atoms with Crippen LogP contribution < -0.4 is 10.6 Å². The Hall–Kier alpha value is -2.62. The summed E-state index contributed by atoms with van der Waals surface area (Å²) in [5.74, 6) is 1.47. The molecule has 0 amide bonds. The molecule has 0 atom stereocenters. The molecule has 3 aromatic rings. The lowest BCUT2D eigenvalue weighted by Gasteiger charge is -2.11. The second-order valence-corrected chi connectivity index (χ2v) is 5.37. The smallest absolute Gasteiger partial charge is 0.229 e. The van der Waals surface area contributed by atoms with Crippen molar-refractivity contribution in [2.45, 2.75) is 20.8 Å². The summed E-state index contributed by atoms with van der Waals surface area (Å²) in [6, 6.07) is 14.3. The van der Waals surface area contributed by atoms with E-state index in [1.807, 2.05) is 30.3 Å². The van der Waals surface area contributed by atoms with Gasteiger partial charge in [-0.3, -0.25) is 0 Å². The highest BCUT2D eigenvalue weighted by atomic mass is 15.1. The summed E-state index contributed by atoms with van der Waals surface area (Å²) < 4.78 is 0. The van der Waals surface area contributed by atoms with E-state index in [-0.39, 0.29) is 0 Å². The highest BCUT2D eigenvalue weighted by molar-refractivity contribution is 5.90. The molecule has 1 heterocycles. The third kappa shape index (κ3) is 2.86. The number of nitrogens with zero attached hydrogens (tertiary/aromatic N) is 2. The topological polar surface area (TPSA) is 49.8 Å². The molecular weight excluding hydrogens is 272 g/mol. The van der Waals surface area contributed by atoms with E-state index < -0.39 is 0 Å². The van der Waals surface area contributed by atoms with Crippen molar-refractivity contribution in [1.82, 2.24) is 9.97 Å². The van der Waals surface area contributed by atoms with E-state index in [2.05, 4.69) is 53.5 Å². The Bertz CT molecular complexity index is 811. The van der Waals surface area contributed by atoms with Crippen LogP contribution in [0.2, 0.25) is 0 Å². The first kappa shape index (κ1) is 14.3. The third-order valence-electron chi connectivity index (χ3n) is 3.71. The highest BCUT2D eigenvalue weighted by Crippen LogP contribution is 2.24. The first-order chi connectivity index (χ1) is 10.7. The molecule has 0 radical (unpaired) electrons. The van der Waals surface area contributed by atoms with Gasteiger partial charge < -0.3 is 10.6 Å². The van der Waals surface area contributed by atoms with Crippen molar-refractivity contribution < 1.29 is 0 Å². The molecule has 112 valence electrons. The van der Waals surface area contributed by atoms with Crippen LogP contribution in [0.3, 0.4) is 0 Å². The number of para-hydroxylation sites is 1. The number of aromatic nitrogens is 2. The van der Waals surface area contributed by atoms with Crippen molar-refractivity contribution in [2.24, 2.45) is 0 Å². The fraction of sp³-hybridized carbons (Fsp3) is 0.222. The number of hydrogen-bond donors (Lipinski definition) is 2. The molecule has 4 heteroatoms. The van der Waals surface area contributed by atoms with E-state index in [9.17, 15) is 0 Å². The largest absolute Gasteiger partial charge is 0.370 e. The maximum atomic E-state index is 4.60. The summed E-state index contributed by atoms with van der Waals surface area (Å²) in [6.45, 7) is 7.10. The number of fused-ring (bicyclic) bond motifs is 1. The molecule has 22 heavy (non-hydrogen) atoms. The Morgan fingerprint density at radius 3 is 2.55 bits per heavy atom. The van der Waals surface area contributed by atoms with Crippen molar-refractivity contribution >= 4 is 28.4 Å². The number of anilines is 3. The van der Waals surface area contributed by atoms with E-state index in [1.165, 1.54) is 11.1 Å². The van der Waals surface area contributed by atoms with Gasteiger partial charge in [-0.2, -0.15) is 4.98 Å². The molecule has 1 aromatic heterocycles. The van der Waals surface area contributed by atoms with Crippen LogP contribution in [-0.2, 0) is 0 Å². The van der Waals surface area contributed by atoms with Crippen LogP contribution >= 0.6 is 0 Å². The van der Waals surface area contributed by atoms with Crippen molar-refractivity contribution in [3.63, 3.8) is 0 Å². The molecule has 0 saturated carbocycles. The fourth-order valence-corrected chi connectivity index (χ4v) is 2.38.